The van der Waals surface area contributed by atoms with E-state index < -0.39 is 28.8 Å². The van der Waals surface area contributed by atoms with Crippen LogP contribution in [0.3, 0.4) is 0 Å². The third kappa shape index (κ3) is 1.68. The molecule has 0 aliphatic carbocycles. The van der Waals surface area contributed by atoms with Crippen molar-refractivity contribution in [3.8, 4) is 0 Å². The maximum absolute atomic E-state index is 12.8. The average Bonchev–Trinajstić information content (AvgIpc) is 2.36. The maximum atomic E-state index is 12.8. The number of nitrogens with zero attached hydrogens (tertiary/aromatic N) is 1. The average molecular weight is 284 g/mol. The van der Waals surface area contributed by atoms with Gasteiger partial charge in [-0.25, -0.2) is 4.57 Å². The molecule has 1 aromatic carbocycles. The summed E-state index contributed by atoms with van der Waals surface area (Å²) in [5.74, 6) is -0.585. The van der Waals surface area contributed by atoms with Gasteiger partial charge < -0.3 is 4.98 Å². The van der Waals surface area contributed by atoms with E-state index >= 15 is 0 Å². The van der Waals surface area contributed by atoms with Crippen molar-refractivity contribution in [3.63, 3.8) is 0 Å². The number of carbonyl (C=O) groups excluding carboxylic acids is 1. The van der Waals surface area contributed by atoms with Gasteiger partial charge in [0.15, 0.2) is 0 Å². The molecule has 104 valence electrons. The van der Waals surface area contributed by atoms with Crippen molar-refractivity contribution in [1.82, 2.24) is 9.55 Å². The van der Waals surface area contributed by atoms with Crippen LogP contribution in [0, 0.1) is 0 Å². The maximum Gasteiger partial charge on any atom is 0.416 e. The zero-order chi connectivity index (χ0) is 14.7. The molecule has 0 unspecified atom stereocenters. The number of carbonyl (C=O) groups is 1. The Hall–Kier alpha value is -2.38. The number of alkyl halides is 3. The highest BCUT2D eigenvalue weighted by Crippen LogP contribution is 2.33. The number of nitrogens with one attached hydrogen (secondary N) is 1. The first-order valence-corrected chi connectivity index (χ1v) is 5.71. The van der Waals surface area contributed by atoms with E-state index in [0.717, 1.165) is 12.1 Å². The van der Waals surface area contributed by atoms with Crippen LogP contribution in [0.2, 0.25) is 0 Å². The predicted molar refractivity (Wildman–Crippen MR) is 62.8 cm³/mol. The lowest BCUT2D eigenvalue weighted by molar-refractivity contribution is -0.137. The predicted octanol–water partition coefficient (Wildman–Crippen LogP) is 1.29. The zero-order valence-electron chi connectivity index (χ0n) is 9.87. The lowest BCUT2D eigenvalue weighted by atomic mass is 10.00. The van der Waals surface area contributed by atoms with E-state index in [1.807, 2.05) is 0 Å². The molecule has 3 rings (SSSR count). The van der Waals surface area contributed by atoms with Crippen LogP contribution < -0.4 is 11.1 Å². The van der Waals surface area contributed by atoms with Gasteiger partial charge in [0.1, 0.15) is 0 Å². The third-order valence-corrected chi connectivity index (χ3v) is 3.24. The van der Waals surface area contributed by atoms with Gasteiger partial charge in [0.25, 0.3) is 0 Å². The molecule has 20 heavy (non-hydrogen) atoms. The molecule has 1 aliphatic heterocycles. The first-order valence-electron chi connectivity index (χ1n) is 5.71. The first-order chi connectivity index (χ1) is 9.29. The highest BCUT2D eigenvalue weighted by atomic mass is 19.4. The van der Waals surface area contributed by atoms with Crippen LogP contribution in [-0.2, 0) is 12.6 Å². The summed E-state index contributed by atoms with van der Waals surface area (Å²) in [4.78, 5) is 36.9. The Balaban J connectivity index is 2.52. The number of aromatic nitrogens is 2. The first kappa shape index (κ1) is 12.6. The fourth-order valence-corrected chi connectivity index (χ4v) is 2.38. The van der Waals surface area contributed by atoms with Crippen molar-refractivity contribution in [3.05, 3.63) is 44.0 Å². The van der Waals surface area contributed by atoms with Gasteiger partial charge in [0, 0.05) is 6.42 Å². The van der Waals surface area contributed by atoms with E-state index in [9.17, 15) is 27.6 Å². The number of benzene rings is 1. The van der Waals surface area contributed by atoms with Crippen molar-refractivity contribution >= 4 is 16.9 Å². The lowest BCUT2D eigenvalue weighted by Gasteiger charge is -2.19. The van der Waals surface area contributed by atoms with Crippen LogP contribution in [0.25, 0.3) is 11.0 Å². The molecule has 2 aromatic rings. The molecule has 0 radical (unpaired) electrons. The van der Waals surface area contributed by atoms with Gasteiger partial charge in [-0.3, -0.25) is 14.4 Å². The summed E-state index contributed by atoms with van der Waals surface area (Å²) in [5, 5.41) is 0. The normalized spacial score (nSPS) is 14.8. The summed E-state index contributed by atoms with van der Waals surface area (Å²) in [6, 6.07) is 1.64. The summed E-state index contributed by atoms with van der Waals surface area (Å²) in [7, 11) is 0. The fourth-order valence-electron chi connectivity index (χ4n) is 2.38. The zero-order valence-corrected chi connectivity index (χ0v) is 9.87. The molecule has 5 nitrogen and oxygen atoms in total. The molecular formula is C12H7F3N2O3. The molecule has 0 amide bonds. The minimum absolute atomic E-state index is 0.0545. The number of halogens is 3. The minimum atomic E-state index is -4.57. The number of aromatic amines is 1. The second-order valence-electron chi connectivity index (χ2n) is 4.52. The van der Waals surface area contributed by atoms with E-state index in [-0.39, 0.29) is 29.4 Å². The van der Waals surface area contributed by atoms with Crippen molar-refractivity contribution in [1.29, 1.82) is 0 Å². The van der Waals surface area contributed by atoms with Crippen molar-refractivity contribution in [2.45, 2.75) is 19.0 Å². The van der Waals surface area contributed by atoms with Crippen molar-refractivity contribution in [2.75, 3.05) is 0 Å². The number of H-pyrrole nitrogens is 1. The number of aryl methyl sites for hydroxylation is 1. The number of hydrogen-bond acceptors (Lipinski definition) is 3. The topological polar surface area (TPSA) is 71.9 Å². The van der Waals surface area contributed by atoms with E-state index in [1.165, 1.54) is 0 Å². The van der Waals surface area contributed by atoms with Crippen LogP contribution in [0.5, 0.6) is 0 Å². The fraction of sp³-hybridized carbons (Fsp3) is 0.250. The Bertz CT molecular complexity index is 861. The Labute approximate surface area is 108 Å². The summed E-state index contributed by atoms with van der Waals surface area (Å²) < 4.78 is 39.0. The van der Waals surface area contributed by atoms with Crippen LogP contribution in [0.1, 0.15) is 22.3 Å². The molecule has 0 spiro atoms. The SMILES string of the molecule is O=C1CCc2cc(C(F)(F)F)cc3[nH]c(=O)c(=O)n1c23. The van der Waals surface area contributed by atoms with Gasteiger partial charge in [-0.15, -0.1) is 0 Å². The van der Waals surface area contributed by atoms with Crippen LogP contribution in [0.4, 0.5) is 13.2 Å². The third-order valence-electron chi connectivity index (χ3n) is 3.24. The molecule has 1 aromatic heterocycles. The molecule has 8 heteroatoms. The Kier molecular flexibility index (Phi) is 2.41. The Morgan fingerprint density at radius 3 is 2.45 bits per heavy atom. The van der Waals surface area contributed by atoms with E-state index in [2.05, 4.69) is 4.98 Å². The highest BCUT2D eigenvalue weighted by molar-refractivity contribution is 5.94. The van der Waals surface area contributed by atoms with E-state index in [4.69, 9.17) is 0 Å². The second-order valence-corrected chi connectivity index (χ2v) is 4.52. The molecule has 0 saturated carbocycles. The smallest absolute Gasteiger partial charge is 0.316 e. The molecule has 0 fully saturated rings. The van der Waals surface area contributed by atoms with E-state index in [0.29, 0.717) is 4.57 Å². The van der Waals surface area contributed by atoms with Crippen molar-refractivity contribution < 1.29 is 18.0 Å². The van der Waals surface area contributed by atoms with Gasteiger partial charge in [-0.2, -0.15) is 13.2 Å². The quantitative estimate of drug-likeness (QED) is 0.741. The molecule has 1 aliphatic rings. The summed E-state index contributed by atoms with van der Waals surface area (Å²) in [6.45, 7) is 0. The molecule has 0 saturated heterocycles. The van der Waals surface area contributed by atoms with E-state index in [1.54, 1.807) is 0 Å². The second kappa shape index (κ2) is 3.81. The van der Waals surface area contributed by atoms with Crippen LogP contribution in [-0.4, -0.2) is 15.5 Å². The molecule has 2 heterocycles. The Morgan fingerprint density at radius 1 is 1.10 bits per heavy atom. The molecular weight excluding hydrogens is 277 g/mol. The molecule has 0 atom stereocenters. The van der Waals surface area contributed by atoms with Gasteiger partial charge in [-0.1, -0.05) is 0 Å². The number of hydrogen-bond donors (Lipinski definition) is 1. The standard InChI is InChI=1S/C12H7F3N2O3/c13-12(14,15)6-3-5-1-2-8(18)17-9(5)7(4-6)16-10(19)11(17)20/h3-4H,1-2H2,(H,16,19). The van der Waals surface area contributed by atoms with Gasteiger partial charge >= 0.3 is 17.3 Å². The van der Waals surface area contributed by atoms with Gasteiger partial charge in [-0.05, 0) is 24.1 Å². The number of rotatable bonds is 0. The van der Waals surface area contributed by atoms with Gasteiger partial charge in [0.2, 0.25) is 5.91 Å². The minimum Gasteiger partial charge on any atom is -0.316 e. The van der Waals surface area contributed by atoms with Crippen LogP contribution >= 0.6 is 0 Å². The Morgan fingerprint density at radius 2 is 1.80 bits per heavy atom. The lowest BCUT2D eigenvalue weighted by Crippen LogP contribution is -2.41. The van der Waals surface area contributed by atoms with Crippen LogP contribution in [0.15, 0.2) is 21.7 Å². The monoisotopic (exact) mass is 284 g/mol. The van der Waals surface area contributed by atoms with Crippen molar-refractivity contribution in [2.24, 2.45) is 0 Å². The molecule has 0 bridgehead atoms. The van der Waals surface area contributed by atoms with Gasteiger partial charge in [0.05, 0.1) is 16.6 Å². The molecule has 1 N–H and O–H groups in total. The largest absolute Gasteiger partial charge is 0.416 e. The summed E-state index contributed by atoms with van der Waals surface area (Å²) in [6.07, 6.45) is -4.57. The summed E-state index contributed by atoms with van der Waals surface area (Å²) >= 11 is 0. The summed E-state index contributed by atoms with van der Waals surface area (Å²) in [5.41, 5.74) is -2.98. The highest BCUT2D eigenvalue weighted by Gasteiger charge is 2.33.